The number of benzene rings is 1. The number of aliphatic hydroxyl groups excluding tert-OH is 1. The van der Waals surface area contributed by atoms with E-state index in [1.54, 1.807) is 12.1 Å². The lowest BCUT2D eigenvalue weighted by Gasteiger charge is -2.08. The van der Waals surface area contributed by atoms with Crippen LogP contribution in [0.25, 0.3) is 0 Å². The van der Waals surface area contributed by atoms with Gasteiger partial charge >= 0.3 is 0 Å². The predicted molar refractivity (Wildman–Crippen MR) is 48.7 cm³/mol. The summed E-state index contributed by atoms with van der Waals surface area (Å²) in [5, 5.41) is 11.6. The molecule has 1 unspecified atom stereocenters. The van der Waals surface area contributed by atoms with Crippen molar-refractivity contribution in [2.45, 2.75) is 13.0 Å². The summed E-state index contributed by atoms with van der Waals surface area (Å²) < 4.78 is 12.5. The Labute approximate surface area is 89.6 Å². The van der Waals surface area contributed by atoms with Crippen LogP contribution in [-0.2, 0) is 0 Å². The summed E-state index contributed by atoms with van der Waals surface area (Å²) in [5.74, 6) is -0.268. The third-order valence-corrected chi connectivity index (χ3v) is 1.93. The molecular weight excluding hydrogens is 205 g/mol. The van der Waals surface area contributed by atoms with Gasteiger partial charge in [-0.2, -0.15) is 0 Å². The SMILES string of the molecule is CC[NH2+]CC(O)c1ccc(F)cc1.[Cl-]. The second-order valence-electron chi connectivity index (χ2n) is 3.00. The lowest BCUT2D eigenvalue weighted by molar-refractivity contribution is -0.658. The third-order valence-electron chi connectivity index (χ3n) is 1.93. The third kappa shape index (κ3) is 4.05. The molecule has 0 saturated heterocycles. The Kier molecular flexibility index (Phi) is 6.45. The summed E-state index contributed by atoms with van der Waals surface area (Å²) >= 11 is 0. The van der Waals surface area contributed by atoms with Crippen molar-refractivity contribution in [1.82, 2.24) is 0 Å². The van der Waals surface area contributed by atoms with Gasteiger partial charge in [0, 0.05) is 0 Å². The van der Waals surface area contributed by atoms with E-state index in [-0.39, 0.29) is 18.2 Å². The van der Waals surface area contributed by atoms with E-state index in [2.05, 4.69) is 0 Å². The minimum Gasteiger partial charge on any atom is -1.00 e. The minimum atomic E-state index is -0.499. The Morgan fingerprint density at radius 3 is 2.43 bits per heavy atom. The minimum absolute atomic E-state index is 0. The Balaban J connectivity index is 0.00000169. The Morgan fingerprint density at radius 1 is 1.36 bits per heavy atom. The molecular formula is C10H15ClFNO. The van der Waals surface area contributed by atoms with E-state index in [0.717, 1.165) is 12.1 Å². The quantitative estimate of drug-likeness (QED) is 0.575. The number of hydrogen-bond donors (Lipinski definition) is 2. The van der Waals surface area contributed by atoms with Gasteiger partial charge in [-0.05, 0) is 24.6 Å². The highest BCUT2D eigenvalue weighted by molar-refractivity contribution is 5.18. The predicted octanol–water partition coefficient (Wildman–Crippen LogP) is -2.55. The van der Waals surface area contributed by atoms with Gasteiger partial charge < -0.3 is 22.8 Å². The summed E-state index contributed by atoms with van der Waals surface area (Å²) in [4.78, 5) is 0. The standard InChI is InChI=1S/C10H14FNO.ClH/c1-2-12-7-10(13)8-3-5-9(11)6-4-8;/h3-6,10,12-13H,2,7H2,1H3;1H. The van der Waals surface area contributed by atoms with Crippen LogP contribution in [0.2, 0.25) is 0 Å². The molecule has 0 radical (unpaired) electrons. The molecule has 0 spiro atoms. The molecule has 0 bridgehead atoms. The molecule has 14 heavy (non-hydrogen) atoms. The summed E-state index contributed by atoms with van der Waals surface area (Å²) in [6.07, 6.45) is -0.499. The highest BCUT2D eigenvalue weighted by Crippen LogP contribution is 2.10. The fourth-order valence-electron chi connectivity index (χ4n) is 1.15. The fourth-order valence-corrected chi connectivity index (χ4v) is 1.15. The van der Waals surface area contributed by atoms with Crippen molar-refractivity contribution in [2.75, 3.05) is 13.1 Å². The van der Waals surface area contributed by atoms with Crippen molar-refractivity contribution >= 4 is 0 Å². The fraction of sp³-hybridized carbons (Fsp3) is 0.400. The molecule has 80 valence electrons. The monoisotopic (exact) mass is 219 g/mol. The van der Waals surface area contributed by atoms with Gasteiger partial charge in [0.05, 0.1) is 6.54 Å². The topological polar surface area (TPSA) is 36.8 Å². The molecule has 1 aromatic rings. The van der Waals surface area contributed by atoms with Gasteiger partial charge in [0.25, 0.3) is 0 Å². The van der Waals surface area contributed by atoms with Gasteiger partial charge in [-0.25, -0.2) is 4.39 Å². The van der Waals surface area contributed by atoms with E-state index in [9.17, 15) is 9.50 Å². The Hall–Kier alpha value is -0.640. The molecule has 0 aliphatic heterocycles. The largest absolute Gasteiger partial charge is 1.00 e. The van der Waals surface area contributed by atoms with Crippen LogP contribution in [0.3, 0.4) is 0 Å². The average molecular weight is 220 g/mol. The van der Waals surface area contributed by atoms with Gasteiger partial charge in [-0.15, -0.1) is 0 Å². The smallest absolute Gasteiger partial charge is 0.128 e. The molecule has 0 saturated carbocycles. The number of quaternary nitrogens is 1. The lowest BCUT2D eigenvalue weighted by atomic mass is 10.1. The van der Waals surface area contributed by atoms with Crippen LogP contribution in [0.5, 0.6) is 0 Å². The van der Waals surface area contributed by atoms with Gasteiger partial charge in [0.1, 0.15) is 18.5 Å². The zero-order valence-corrected chi connectivity index (χ0v) is 8.84. The lowest BCUT2D eigenvalue weighted by Crippen LogP contribution is -3.00. The molecule has 0 aliphatic carbocycles. The van der Waals surface area contributed by atoms with E-state index < -0.39 is 6.10 Å². The van der Waals surface area contributed by atoms with Crippen molar-refractivity contribution in [1.29, 1.82) is 0 Å². The normalized spacial score (nSPS) is 11.9. The number of aliphatic hydroxyl groups is 1. The van der Waals surface area contributed by atoms with E-state index in [1.165, 1.54) is 12.1 Å². The van der Waals surface area contributed by atoms with Crippen LogP contribution in [-0.4, -0.2) is 18.2 Å². The summed E-state index contributed by atoms with van der Waals surface area (Å²) in [5.41, 5.74) is 0.770. The van der Waals surface area contributed by atoms with E-state index in [1.807, 2.05) is 12.2 Å². The molecule has 4 heteroatoms. The van der Waals surface area contributed by atoms with Crippen LogP contribution in [0.15, 0.2) is 24.3 Å². The first kappa shape index (κ1) is 13.4. The van der Waals surface area contributed by atoms with Crippen LogP contribution in [0.4, 0.5) is 4.39 Å². The van der Waals surface area contributed by atoms with E-state index in [0.29, 0.717) is 6.54 Å². The summed E-state index contributed by atoms with van der Waals surface area (Å²) in [6.45, 7) is 3.60. The van der Waals surface area contributed by atoms with Gasteiger partial charge in [0.2, 0.25) is 0 Å². The molecule has 1 rings (SSSR count). The highest BCUT2D eigenvalue weighted by atomic mass is 35.5. The van der Waals surface area contributed by atoms with Crippen molar-refractivity contribution in [3.05, 3.63) is 35.6 Å². The molecule has 1 aromatic carbocycles. The second kappa shape index (κ2) is 6.76. The second-order valence-corrected chi connectivity index (χ2v) is 3.00. The summed E-state index contributed by atoms with van der Waals surface area (Å²) in [7, 11) is 0. The maximum Gasteiger partial charge on any atom is 0.128 e. The molecule has 3 N–H and O–H groups in total. The van der Waals surface area contributed by atoms with Gasteiger partial charge in [-0.3, -0.25) is 0 Å². The maximum atomic E-state index is 12.5. The maximum absolute atomic E-state index is 12.5. The molecule has 0 amide bonds. The number of hydrogen-bond acceptors (Lipinski definition) is 1. The van der Waals surface area contributed by atoms with Crippen molar-refractivity contribution in [3.63, 3.8) is 0 Å². The molecule has 0 fully saturated rings. The van der Waals surface area contributed by atoms with Crippen LogP contribution in [0.1, 0.15) is 18.6 Å². The summed E-state index contributed by atoms with van der Waals surface area (Å²) in [6, 6.07) is 5.96. The zero-order valence-electron chi connectivity index (χ0n) is 8.08. The van der Waals surface area contributed by atoms with Crippen molar-refractivity contribution in [2.24, 2.45) is 0 Å². The van der Waals surface area contributed by atoms with Crippen LogP contribution >= 0.6 is 0 Å². The zero-order chi connectivity index (χ0) is 9.68. The van der Waals surface area contributed by atoms with Crippen molar-refractivity contribution < 1.29 is 27.2 Å². The molecule has 2 nitrogen and oxygen atoms in total. The Morgan fingerprint density at radius 2 is 1.93 bits per heavy atom. The van der Waals surface area contributed by atoms with E-state index in [4.69, 9.17) is 0 Å². The van der Waals surface area contributed by atoms with E-state index >= 15 is 0 Å². The van der Waals surface area contributed by atoms with Crippen LogP contribution in [0, 0.1) is 5.82 Å². The van der Waals surface area contributed by atoms with Gasteiger partial charge in [0.15, 0.2) is 0 Å². The first-order valence-electron chi connectivity index (χ1n) is 4.49. The number of rotatable bonds is 4. The van der Waals surface area contributed by atoms with Gasteiger partial charge in [-0.1, -0.05) is 12.1 Å². The number of nitrogens with two attached hydrogens (primary N) is 1. The average Bonchev–Trinajstić information content (AvgIpc) is 2.15. The first-order valence-corrected chi connectivity index (χ1v) is 4.49. The number of likely N-dealkylation sites (N-methyl/N-ethyl adjacent to an activating group) is 1. The number of halogens is 2. The highest BCUT2D eigenvalue weighted by Gasteiger charge is 2.07. The molecule has 0 aliphatic rings. The molecule has 1 atom stereocenters. The first-order chi connectivity index (χ1) is 6.24. The molecule has 0 aromatic heterocycles. The Bertz CT molecular complexity index is 253. The van der Waals surface area contributed by atoms with Crippen LogP contribution < -0.4 is 17.7 Å². The van der Waals surface area contributed by atoms with Crippen molar-refractivity contribution in [3.8, 4) is 0 Å². The molecule has 0 heterocycles.